The molecule has 1 amide bonds. The lowest BCUT2D eigenvalue weighted by molar-refractivity contribution is -0.118. The Labute approximate surface area is 146 Å². The summed E-state index contributed by atoms with van der Waals surface area (Å²) < 4.78 is 5.59. The van der Waals surface area contributed by atoms with Crippen molar-refractivity contribution in [3.8, 4) is 5.75 Å². The third-order valence-corrected chi connectivity index (χ3v) is 4.35. The van der Waals surface area contributed by atoms with Gasteiger partial charge in [-0.3, -0.25) is 4.79 Å². The molecule has 2 aromatic rings. The molecule has 0 saturated carbocycles. The number of amides is 1. The van der Waals surface area contributed by atoms with Crippen LogP contribution in [0, 0.1) is 6.92 Å². The van der Waals surface area contributed by atoms with Gasteiger partial charge in [0.15, 0.2) is 0 Å². The van der Waals surface area contributed by atoms with E-state index in [9.17, 15) is 4.79 Å². The van der Waals surface area contributed by atoms with Gasteiger partial charge in [0, 0.05) is 10.8 Å². The van der Waals surface area contributed by atoms with Crippen LogP contribution in [0.25, 0.3) is 0 Å². The van der Waals surface area contributed by atoms with Gasteiger partial charge in [-0.2, -0.15) is 0 Å². The third kappa shape index (κ3) is 6.97. The molecule has 0 bridgehead atoms. The molecule has 1 N–H and O–H groups in total. The molecular formula is C18H20ClNO2S. The minimum absolute atomic E-state index is 0.0248. The molecule has 0 aromatic heterocycles. The molecule has 5 heteroatoms. The van der Waals surface area contributed by atoms with Crippen LogP contribution in [0.15, 0.2) is 48.5 Å². The van der Waals surface area contributed by atoms with Crippen LogP contribution in [0.5, 0.6) is 5.75 Å². The second-order valence-electron chi connectivity index (χ2n) is 5.13. The van der Waals surface area contributed by atoms with Crippen molar-refractivity contribution in [1.29, 1.82) is 0 Å². The summed E-state index contributed by atoms with van der Waals surface area (Å²) in [5, 5.41) is 3.58. The quantitative estimate of drug-likeness (QED) is 0.730. The van der Waals surface area contributed by atoms with Gasteiger partial charge in [-0.15, -0.1) is 11.8 Å². The first-order valence-electron chi connectivity index (χ1n) is 7.42. The summed E-state index contributed by atoms with van der Waals surface area (Å²) in [6.07, 6.45) is 0. The van der Waals surface area contributed by atoms with E-state index in [-0.39, 0.29) is 5.91 Å². The van der Waals surface area contributed by atoms with Crippen LogP contribution in [-0.2, 0) is 10.5 Å². The van der Waals surface area contributed by atoms with Crippen molar-refractivity contribution in [1.82, 2.24) is 5.32 Å². The lowest BCUT2D eigenvalue weighted by Crippen LogP contribution is -2.29. The number of halogens is 1. The summed E-state index contributed by atoms with van der Waals surface area (Å²) in [5.74, 6) is 2.09. The van der Waals surface area contributed by atoms with Gasteiger partial charge >= 0.3 is 0 Å². The van der Waals surface area contributed by atoms with E-state index in [0.29, 0.717) is 18.9 Å². The van der Waals surface area contributed by atoms with Crippen molar-refractivity contribution in [2.24, 2.45) is 0 Å². The Morgan fingerprint density at radius 2 is 2.00 bits per heavy atom. The number of thioether (sulfide) groups is 1. The van der Waals surface area contributed by atoms with Crippen LogP contribution in [-0.4, -0.2) is 24.8 Å². The molecule has 0 unspecified atom stereocenters. The molecule has 0 fully saturated rings. The van der Waals surface area contributed by atoms with Gasteiger partial charge in [-0.25, -0.2) is 0 Å². The molecular weight excluding hydrogens is 330 g/mol. The fourth-order valence-electron chi connectivity index (χ4n) is 1.96. The lowest BCUT2D eigenvalue weighted by atomic mass is 10.2. The fourth-order valence-corrected chi connectivity index (χ4v) is 2.90. The van der Waals surface area contributed by atoms with Crippen molar-refractivity contribution < 1.29 is 9.53 Å². The average Bonchev–Trinajstić information content (AvgIpc) is 2.54. The molecule has 0 atom stereocenters. The number of rotatable bonds is 8. The molecule has 23 heavy (non-hydrogen) atoms. The largest absolute Gasteiger partial charge is 0.492 e. The summed E-state index contributed by atoms with van der Waals surface area (Å²) in [7, 11) is 0. The topological polar surface area (TPSA) is 38.3 Å². The zero-order valence-corrected chi connectivity index (χ0v) is 14.6. The van der Waals surface area contributed by atoms with Gasteiger partial charge < -0.3 is 10.1 Å². The molecule has 0 aliphatic heterocycles. The Morgan fingerprint density at radius 3 is 2.74 bits per heavy atom. The Hall–Kier alpha value is -1.65. The minimum atomic E-state index is 0.0248. The maximum Gasteiger partial charge on any atom is 0.230 e. The van der Waals surface area contributed by atoms with Gasteiger partial charge in [0.1, 0.15) is 12.4 Å². The van der Waals surface area contributed by atoms with Crippen LogP contribution >= 0.6 is 23.4 Å². The number of hydrogen-bond acceptors (Lipinski definition) is 3. The lowest BCUT2D eigenvalue weighted by Gasteiger charge is -2.08. The maximum atomic E-state index is 11.7. The van der Waals surface area contributed by atoms with E-state index in [1.165, 1.54) is 0 Å². The number of ether oxygens (including phenoxy) is 1. The summed E-state index contributed by atoms with van der Waals surface area (Å²) >= 11 is 7.42. The maximum absolute atomic E-state index is 11.7. The number of aryl methyl sites for hydroxylation is 1. The molecule has 0 heterocycles. The highest BCUT2D eigenvalue weighted by molar-refractivity contribution is 7.99. The molecule has 3 nitrogen and oxygen atoms in total. The van der Waals surface area contributed by atoms with Crippen molar-refractivity contribution in [2.45, 2.75) is 12.7 Å². The molecule has 0 aliphatic rings. The Kier molecular flexibility index (Phi) is 7.30. The normalized spacial score (nSPS) is 10.3. The highest BCUT2D eigenvalue weighted by atomic mass is 35.5. The SMILES string of the molecule is Cc1cccc(OCCNC(=O)CSCc2ccc(Cl)cc2)c1. The fraction of sp³-hybridized carbons (Fsp3) is 0.278. The number of nitrogens with one attached hydrogen (secondary N) is 1. The van der Waals surface area contributed by atoms with Crippen molar-refractivity contribution in [3.63, 3.8) is 0 Å². The highest BCUT2D eigenvalue weighted by Crippen LogP contribution is 2.15. The molecule has 0 radical (unpaired) electrons. The molecule has 0 saturated heterocycles. The summed E-state index contributed by atoms with van der Waals surface area (Å²) in [5.41, 5.74) is 2.32. The molecule has 0 aliphatic carbocycles. The van der Waals surface area contributed by atoms with Gasteiger partial charge in [-0.1, -0.05) is 35.9 Å². The first-order valence-corrected chi connectivity index (χ1v) is 8.95. The number of carbonyl (C=O) groups excluding carboxylic acids is 1. The van der Waals surface area contributed by atoms with E-state index in [0.717, 1.165) is 27.7 Å². The number of hydrogen-bond donors (Lipinski definition) is 1. The monoisotopic (exact) mass is 349 g/mol. The zero-order valence-electron chi connectivity index (χ0n) is 13.0. The smallest absolute Gasteiger partial charge is 0.230 e. The molecule has 0 spiro atoms. The summed E-state index contributed by atoms with van der Waals surface area (Å²) in [4.78, 5) is 11.7. The van der Waals surface area contributed by atoms with Gasteiger partial charge in [0.2, 0.25) is 5.91 Å². The standard InChI is InChI=1S/C18H20ClNO2S/c1-14-3-2-4-17(11-14)22-10-9-20-18(21)13-23-12-15-5-7-16(19)8-6-15/h2-8,11H,9-10,12-13H2,1H3,(H,20,21). The molecule has 2 rings (SSSR count). The van der Waals surface area contributed by atoms with Crippen LogP contribution in [0.2, 0.25) is 5.02 Å². The molecule has 122 valence electrons. The van der Waals surface area contributed by atoms with E-state index in [4.69, 9.17) is 16.3 Å². The first kappa shape index (κ1) is 17.7. The minimum Gasteiger partial charge on any atom is -0.492 e. The van der Waals surface area contributed by atoms with Gasteiger partial charge in [-0.05, 0) is 42.3 Å². The van der Waals surface area contributed by atoms with Crippen LogP contribution in [0.4, 0.5) is 0 Å². The van der Waals surface area contributed by atoms with E-state index >= 15 is 0 Å². The Morgan fingerprint density at radius 1 is 1.22 bits per heavy atom. The highest BCUT2D eigenvalue weighted by Gasteiger charge is 2.02. The van der Waals surface area contributed by atoms with Crippen molar-refractivity contribution in [3.05, 3.63) is 64.7 Å². The Balaban J connectivity index is 1.57. The second kappa shape index (κ2) is 9.48. The van der Waals surface area contributed by atoms with Gasteiger partial charge in [0.05, 0.1) is 12.3 Å². The van der Waals surface area contributed by atoms with E-state index in [1.807, 2.05) is 55.5 Å². The third-order valence-electron chi connectivity index (χ3n) is 3.10. The summed E-state index contributed by atoms with van der Waals surface area (Å²) in [6, 6.07) is 15.5. The van der Waals surface area contributed by atoms with E-state index in [1.54, 1.807) is 11.8 Å². The predicted octanol–water partition coefficient (Wildman–Crippen LogP) is 4.08. The number of carbonyl (C=O) groups is 1. The molecule has 2 aromatic carbocycles. The summed E-state index contributed by atoms with van der Waals surface area (Å²) in [6.45, 7) is 3.00. The van der Waals surface area contributed by atoms with Crippen LogP contribution in [0.1, 0.15) is 11.1 Å². The van der Waals surface area contributed by atoms with Gasteiger partial charge in [0.25, 0.3) is 0 Å². The second-order valence-corrected chi connectivity index (χ2v) is 6.56. The number of benzene rings is 2. The van der Waals surface area contributed by atoms with Crippen molar-refractivity contribution >= 4 is 29.3 Å². The van der Waals surface area contributed by atoms with E-state index in [2.05, 4.69) is 5.32 Å². The average molecular weight is 350 g/mol. The van der Waals surface area contributed by atoms with Crippen LogP contribution in [0.3, 0.4) is 0 Å². The van der Waals surface area contributed by atoms with Crippen molar-refractivity contribution in [2.75, 3.05) is 18.9 Å². The van der Waals surface area contributed by atoms with Crippen LogP contribution < -0.4 is 10.1 Å². The Bertz CT molecular complexity index is 631. The first-order chi connectivity index (χ1) is 11.1. The zero-order chi connectivity index (χ0) is 16.5. The van der Waals surface area contributed by atoms with E-state index < -0.39 is 0 Å². The predicted molar refractivity (Wildman–Crippen MR) is 97.3 cm³/mol.